The van der Waals surface area contributed by atoms with Crippen LogP contribution in [-0.4, -0.2) is 0 Å². The highest BCUT2D eigenvalue weighted by atomic mass is 19.2. The Morgan fingerprint density at radius 2 is 1.40 bits per heavy atom. The minimum Gasteiger partial charge on any atom is -0.203 e. The van der Waals surface area contributed by atoms with E-state index in [0.29, 0.717) is 47.4 Å². The van der Waals surface area contributed by atoms with Crippen molar-refractivity contribution in [2.75, 3.05) is 0 Å². The molecule has 0 nitrogen and oxygen atoms in total. The Labute approximate surface area is 206 Å². The molecule has 35 heavy (non-hydrogen) atoms. The van der Waals surface area contributed by atoms with Crippen molar-refractivity contribution in [1.82, 2.24) is 0 Å². The fourth-order valence-corrected chi connectivity index (χ4v) is 6.95. The Bertz CT molecular complexity index is 1150. The molecule has 0 bridgehead atoms. The summed E-state index contributed by atoms with van der Waals surface area (Å²) in [7, 11) is 0. The van der Waals surface area contributed by atoms with Crippen LogP contribution >= 0.6 is 0 Å². The van der Waals surface area contributed by atoms with E-state index in [1.165, 1.54) is 25.7 Å². The number of fused-ring (bicyclic) bond motifs is 3. The van der Waals surface area contributed by atoms with Gasteiger partial charge in [-0.25, -0.2) is 17.6 Å². The lowest BCUT2D eigenvalue weighted by atomic mass is 9.71. The SMILES string of the molecule is CCC(CC)c1cc2c(c(F)c1F)-c1c(cc(C3=CCC(C4CCC(C)CC4)CC3)c(F)c1F)C2. The molecule has 4 heteroatoms. The quantitative estimate of drug-likeness (QED) is 0.316. The van der Waals surface area contributed by atoms with Crippen LogP contribution in [0.25, 0.3) is 16.7 Å². The molecule has 5 rings (SSSR count). The normalized spacial score (nSPS) is 23.9. The van der Waals surface area contributed by atoms with Crippen molar-refractivity contribution in [2.45, 2.75) is 90.9 Å². The first-order valence-electron chi connectivity index (χ1n) is 13.5. The molecule has 1 fully saturated rings. The number of hydrogen-bond donors (Lipinski definition) is 0. The lowest BCUT2D eigenvalue weighted by Gasteiger charge is -2.34. The van der Waals surface area contributed by atoms with Gasteiger partial charge in [-0.2, -0.15) is 0 Å². The monoisotopic (exact) mass is 484 g/mol. The molecule has 0 aliphatic heterocycles. The van der Waals surface area contributed by atoms with Crippen LogP contribution in [0, 0.1) is 41.0 Å². The largest absolute Gasteiger partial charge is 0.203 e. The molecule has 0 aromatic heterocycles. The second-order valence-electron chi connectivity index (χ2n) is 11.2. The van der Waals surface area contributed by atoms with Crippen LogP contribution in [0.2, 0.25) is 0 Å². The molecule has 0 saturated heterocycles. The number of allylic oxidation sites excluding steroid dienone is 2. The maximum Gasteiger partial charge on any atom is 0.167 e. The molecule has 0 heterocycles. The van der Waals surface area contributed by atoms with Gasteiger partial charge in [0, 0.05) is 16.7 Å². The highest BCUT2D eigenvalue weighted by molar-refractivity contribution is 5.81. The third-order valence-electron chi connectivity index (χ3n) is 9.19. The summed E-state index contributed by atoms with van der Waals surface area (Å²) < 4.78 is 61.0. The third-order valence-corrected chi connectivity index (χ3v) is 9.19. The molecule has 1 unspecified atom stereocenters. The van der Waals surface area contributed by atoms with Crippen molar-refractivity contribution in [2.24, 2.45) is 17.8 Å². The standard InChI is InChI=1S/C31H36F4/c1-4-18(5-2)24-15-22-14-23-16-25(29(33)31(35)27(23)26(22)30(34)28(24)32)21-12-10-20(11-13-21)19-8-6-17(3)7-9-19/h12,15-20H,4-11,13-14H2,1-3H3. The van der Waals surface area contributed by atoms with Gasteiger partial charge >= 0.3 is 0 Å². The minimum atomic E-state index is -1.05. The zero-order valence-electron chi connectivity index (χ0n) is 21.1. The van der Waals surface area contributed by atoms with E-state index in [-0.39, 0.29) is 17.0 Å². The molecule has 0 N–H and O–H groups in total. The first-order chi connectivity index (χ1) is 16.8. The molecule has 188 valence electrons. The number of hydrogen-bond acceptors (Lipinski definition) is 0. The van der Waals surface area contributed by atoms with Crippen molar-refractivity contribution in [3.05, 3.63) is 63.7 Å². The first-order valence-corrected chi connectivity index (χ1v) is 13.5. The van der Waals surface area contributed by atoms with Gasteiger partial charge in [-0.15, -0.1) is 0 Å². The molecule has 0 spiro atoms. The van der Waals surface area contributed by atoms with E-state index in [1.54, 1.807) is 12.1 Å². The van der Waals surface area contributed by atoms with Crippen LogP contribution in [-0.2, 0) is 6.42 Å². The fraction of sp³-hybridized carbons (Fsp3) is 0.548. The summed E-state index contributed by atoms with van der Waals surface area (Å²) >= 11 is 0. The predicted octanol–water partition coefficient (Wildman–Crippen LogP) is 9.73. The van der Waals surface area contributed by atoms with Gasteiger partial charge in [0.25, 0.3) is 0 Å². The molecule has 2 aromatic rings. The van der Waals surface area contributed by atoms with E-state index in [1.807, 2.05) is 13.8 Å². The van der Waals surface area contributed by atoms with E-state index in [2.05, 4.69) is 13.0 Å². The second-order valence-corrected chi connectivity index (χ2v) is 11.2. The van der Waals surface area contributed by atoms with Crippen LogP contribution in [0.5, 0.6) is 0 Å². The van der Waals surface area contributed by atoms with Gasteiger partial charge in [0.05, 0.1) is 0 Å². The van der Waals surface area contributed by atoms with Gasteiger partial charge in [0.1, 0.15) is 0 Å². The van der Waals surface area contributed by atoms with Gasteiger partial charge in [-0.3, -0.25) is 0 Å². The van der Waals surface area contributed by atoms with Gasteiger partial charge in [-0.05, 0) is 103 Å². The van der Waals surface area contributed by atoms with Crippen molar-refractivity contribution in [3.8, 4) is 11.1 Å². The summed E-state index contributed by atoms with van der Waals surface area (Å²) in [6.45, 7) is 6.23. The van der Waals surface area contributed by atoms with E-state index in [0.717, 1.165) is 36.7 Å². The maximum absolute atomic E-state index is 15.4. The summed E-state index contributed by atoms with van der Waals surface area (Å²) in [5.74, 6) is -1.87. The summed E-state index contributed by atoms with van der Waals surface area (Å²) in [5, 5.41) is 0. The maximum atomic E-state index is 15.4. The second kappa shape index (κ2) is 9.75. The molecular weight excluding hydrogens is 448 g/mol. The van der Waals surface area contributed by atoms with Crippen molar-refractivity contribution < 1.29 is 17.6 Å². The summed E-state index contributed by atoms with van der Waals surface area (Å²) in [6, 6.07) is 3.37. The smallest absolute Gasteiger partial charge is 0.167 e. The van der Waals surface area contributed by atoms with Crippen molar-refractivity contribution in [1.29, 1.82) is 0 Å². The topological polar surface area (TPSA) is 0 Å². The highest BCUT2D eigenvalue weighted by Crippen LogP contribution is 2.47. The van der Waals surface area contributed by atoms with Gasteiger partial charge in [0.15, 0.2) is 23.3 Å². The zero-order valence-corrected chi connectivity index (χ0v) is 21.1. The van der Waals surface area contributed by atoms with E-state index in [4.69, 9.17) is 0 Å². The predicted molar refractivity (Wildman–Crippen MR) is 134 cm³/mol. The molecule has 1 atom stereocenters. The van der Waals surface area contributed by atoms with Gasteiger partial charge in [-0.1, -0.05) is 45.8 Å². The zero-order chi connectivity index (χ0) is 24.9. The van der Waals surface area contributed by atoms with E-state index in [9.17, 15) is 4.39 Å². The Morgan fingerprint density at radius 3 is 2.00 bits per heavy atom. The minimum absolute atomic E-state index is 0.0941. The van der Waals surface area contributed by atoms with Gasteiger partial charge in [0.2, 0.25) is 0 Å². The molecule has 3 aliphatic rings. The summed E-state index contributed by atoms with van der Waals surface area (Å²) in [5.41, 5.74) is 2.41. The first kappa shape index (κ1) is 24.6. The molecule has 0 amide bonds. The average molecular weight is 485 g/mol. The number of rotatable bonds is 5. The molecule has 3 aliphatic carbocycles. The lowest BCUT2D eigenvalue weighted by Crippen LogP contribution is -2.22. The number of halogens is 4. The fourth-order valence-electron chi connectivity index (χ4n) is 6.95. The van der Waals surface area contributed by atoms with Gasteiger partial charge < -0.3 is 0 Å². The molecule has 2 aromatic carbocycles. The molecule has 0 radical (unpaired) electrons. The summed E-state index contributed by atoms with van der Waals surface area (Å²) in [6.07, 6.45) is 11.6. The van der Waals surface area contributed by atoms with Crippen molar-refractivity contribution >= 4 is 5.57 Å². The molecule has 1 saturated carbocycles. The Kier molecular flexibility index (Phi) is 6.85. The van der Waals surface area contributed by atoms with Crippen LogP contribution in [0.1, 0.15) is 107 Å². The van der Waals surface area contributed by atoms with E-state index < -0.39 is 23.3 Å². The lowest BCUT2D eigenvalue weighted by molar-refractivity contribution is 0.202. The molecular formula is C31H36F4. The Hall–Kier alpha value is -2.10. The Balaban J connectivity index is 1.46. The van der Waals surface area contributed by atoms with E-state index >= 15 is 13.2 Å². The average Bonchev–Trinajstić information content (AvgIpc) is 3.24. The van der Waals surface area contributed by atoms with Crippen LogP contribution < -0.4 is 0 Å². The highest BCUT2D eigenvalue weighted by Gasteiger charge is 2.34. The van der Waals surface area contributed by atoms with Crippen molar-refractivity contribution in [3.63, 3.8) is 0 Å². The Morgan fingerprint density at radius 1 is 0.771 bits per heavy atom. The number of benzene rings is 2. The third kappa shape index (κ3) is 4.25. The van der Waals surface area contributed by atoms with Crippen LogP contribution in [0.15, 0.2) is 18.2 Å². The van der Waals surface area contributed by atoms with Crippen LogP contribution in [0.3, 0.4) is 0 Å². The van der Waals surface area contributed by atoms with Crippen LogP contribution in [0.4, 0.5) is 17.6 Å². The summed E-state index contributed by atoms with van der Waals surface area (Å²) in [4.78, 5) is 0.